The van der Waals surface area contributed by atoms with Crippen LogP contribution in [0.1, 0.15) is 20.8 Å². The van der Waals surface area contributed by atoms with E-state index in [1.165, 1.54) is 12.1 Å². The van der Waals surface area contributed by atoms with Gasteiger partial charge in [-0.05, 0) is 26.8 Å². The Morgan fingerprint density at radius 1 is 1.44 bits per heavy atom. The molecule has 0 aliphatic carbocycles. The molecule has 0 atom stereocenters. The summed E-state index contributed by atoms with van der Waals surface area (Å²) in [5.41, 5.74) is -0.415. The normalized spacial score (nSPS) is 11.2. The van der Waals surface area contributed by atoms with Crippen LogP contribution in [0.5, 0.6) is 0 Å². The van der Waals surface area contributed by atoms with E-state index in [9.17, 15) is 9.59 Å². The van der Waals surface area contributed by atoms with Gasteiger partial charge in [-0.3, -0.25) is 9.59 Å². The third kappa shape index (κ3) is 4.70. The van der Waals surface area contributed by atoms with Gasteiger partial charge in [-0.15, -0.1) is 0 Å². The molecule has 1 rings (SSSR count). The first kappa shape index (κ1) is 12.4. The number of nitrogens with one attached hydrogen (secondary N) is 3. The monoisotopic (exact) mass is 224 g/mol. The highest BCUT2D eigenvalue weighted by atomic mass is 16.2. The molecule has 88 valence electrons. The van der Waals surface area contributed by atoms with Gasteiger partial charge in [0.25, 0.3) is 5.56 Å². The Balaban J connectivity index is 2.46. The fraction of sp³-hybridized carbons (Fsp3) is 0.500. The maximum Gasteiger partial charge on any atom is 0.264 e. The van der Waals surface area contributed by atoms with E-state index >= 15 is 0 Å². The Labute approximate surface area is 93.5 Å². The molecule has 1 aromatic rings. The summed E-state index contributed by atoms with van der Waals surface area (Å²) in [7, 11) is 0. The summed E-state index contributed by atoms with van der Waals surface area (Å²) in [6.45, 7) is 6.11. The van der Waals surface area contributed by atoms with E-state index in [1.54, 1.807) is 0 Å². The number of nitrogens with zero attached hydrogens (tertiary/aromatic N) is 1. The van der Waals surface area contributed by atoms with Crippen molar-refractivity contribution in [1.29, 1.82) is 0 Å². The van der Waals surface area contributed by atoms with Gasteiger partial charge in [0.1, 0.15) is 0 Å². The number of rotatable bonds is 3. The number of aromatic nitrogens is 2. The number of amides is 1. The Hall–Kier alpha value is -1.69. The molecule has 1 heterocycles. The zero-order chi connectivity index (χ0) is 12.2. The minimum absolute atomic E-state index is 0.115. The molecule has 0 aliphatic heterocycles. The fourth-order valence-electron chi connectivity index (χ4n) is 0.947. The summed E-state index contributed by atoms with van der Waals surface area (Å²) in [5.74, 6) is 0.134. The summed E-state index contributed by atoms with van der Waals surface area (Å²) in [4.78, 5) is 22.2. The van der Waals surface area contributed by atoms with Crippen LogP contribution in [0.4, 0.5) is 5.82 Å². The second-order valence-corrected chi connectivity index (χ2v) is 4.46. The van der Waals surface area contributed by atoms with E-state index in [2.05, 4.69) is 20.8 Å². The second kappa shape index (κ2) is 4.89. The lowest BCUT2D eigenvalue weighted by Crippen LogP contribution is -2.41. The lowest BCUT2D eigenvalue weighted by atomic mass is 10.1. The molecule has 0 bridgehead atoms. The van der Waals surface area contributed by atoms with E-state index in [1.807, 2.05) is 20.8 Å². The summed E-state index contributed by atoms with van der Waals surface area (Å²) in [5, 5.41) is 11.5. The van der Waals surface area contributed by atoms with E-state index < -0.39 is 0 Å². The van der Waals surface area contributed by atoms with Crippen LogP contribution in [0.2, 0.25) is 0 Å². The van der Waals surface area contributed by atoms with Gasteiger partial charge in [0.2, 0.25) is 5.91 Å². The summed E-state index contributed by atoms with van der Waals surface area (Å²) in [6.07, 6.45) is 0. The van der Waals surface area contributed by atoms with Crippen LogP contribution >= 0.6 is 0 Å². The van der Waals surface area contributed by atoms with E-state index in [0.29, 0.717) is 5.82 Å². The van der Waals surface area contributed by atoms with Crippen LogP contribution in [0.15, 0.2) is 16.9 Å². The van der Waals surface area contributed by atoms with Crippen molar-refractivity contribution in [2.45, 2.75) is 26.3 Å². The third-order valence-corrected chi connectivity index (χ3v) is 1.73. The molecule has 0 aliphatic rings. The van der Waals surface area contributed by atoms with Gasteiger partial charge in [0.05, 0.1) is 6.54 Å². The molecular weight excluding hydrogens is 208 g/mol. The summed E-state index contributed by atoms with van der Waals surface area (Å²) < 4.78 is 0. The Morgan fingerprint density at radius 3 is 2.62 bits per heavy atom. The number of H-pyrrole nitrogens is 1. The second-order valence-electron chi connectivity index (χ2n) is 4.46. The summed E-state index contributed by atoms with van der Waals surface area (Å²) >= 11 is 0. The molecule has 0 aromatic carbocycles. The summed E-state index contributed by atoms with van der Waals surface area (Å²) in [6, 6.07) is 2.76. The van der Waals surface area contributed by atoms with Crippen molar-refractivity contribution in [3.8, 4) is 0 Å². The first-order chi connectivity index (χ1) is 7.37. The van der Waals surface area contributed by atoms with E-state index in [4.69, 9.17) is 0 Å². The van der Waals surface area contributed by atoms with Crippen LogP contribution in [-0.2, 0) is 4.79 Å². The molecule has 1 aromatic heterocycles. The Kier molecular flexibility index (Phi) is 3.78. The van der Waals surface area contributed by atoms with Gasteiger partial charge < -0.3 is 10.6 Å². The maximum atomic E-state index is 11.4. The third-order valence-electron chi connectivity index (χ3n) is 1.73. The predicted octanol–water partition coefficient (Wildman–Crippen LogP) is 0.0965. The molecule has 1 amide bonds. The SMILES string of the molecule is CC(C)(C)NCC(=O)Nc1ccc(=O)[nH]n1. The molecule has 0 saturated heterocycles. The fourth-order valence-corrected chi connectivity index (χ4v) is 0.947. The topological polar surface area (TPSA) is 86.9 Å². The van der Waals surface area contributed by atoms with Crippen molar-refractivity contribution in [2.24, 2.45) is 0 Å². The van der Waals surface area contributed by atoms with Crippen LogP contribution < -0.4 is 16.2 Å². The molecule has 0 unspecified atom stereocenters. The molecule has 3 N–H and O–H groups in total. The Bertz CT molecular complexity index is 399. The average Bonchev–Trinajstić information content (AvgIpc) is 2.18. The number of anilines is 1. The zero-order valence-electron chi connectivity index (χ0n) is 9.63. The minimum Gasteiger partial charge on any atom is -0.308 e. The van der Waals surface area contributed by atoms with Gasteiger partial charge in [-0.2, -0.15) is 5.10 Å². The lowest BCUT2D eigenvalue weighted by molar-refractivity contribution is -0.115. The van der Waals surface area contributed by atoms with Crippen molar-refractivity contribution in [2.75, 3.05) is 11.9 Å². The molecule has 0 spiro atoms. The molecule has 6 heteroatoms. The number of hydrogen-bond acceptors (Lipinski definition) is 4. The van der Waals surface area contributed by atoms with Gasteiger partial charge in [0, 0.05) is 11.6 Å². The van der Waals surface area contributed by atoms with Crippen molar-refractivity contribution in [1.82, 2.24) is 15.5 Å². The van der Waals surface area contributed by atoms with Crippen LogP contribution in [-0.4, -0.2) is 28.2 Å². The van der Waals surface area contributed by atoms with Crippen molar-refractivity contribution in [3.05, 3.63) is 22.5 Å². The highest BCUT2D eigenvalue weighted by Crippen LogP contribution is 1.99. The van der Waals surface area contributed by atoms with Crippen LogP contribution in [0.25, 0.3) is 0 Å². The van der Waals surface area contributed by atoms with Crippen LogP contribution in [0, 0.1) is 0 Å². The molecule has 0 radical (unpaired) electrons. The number of aromatic amines is 1. The van der Waals surface area contributed by atoms with Crippen molar-refractivity contribution >= 4 is 11.7 Å². The average molecular weight is 224 g/mol. The van der Waals surface area contributed by atoms with Gasteiger partial charge >= 0.3 is 0 Å². The number of hydrogen-bond donors (Lipinski definition) is 3. The largest absolute Gasteiger partial charge is 0.308 e. The number of carbonyl (C=O) groups is 1. The molecule has 0 fully saturated rings. The molecule has 16 heavy (non-hydrogen) atoms. The first-order valence-electron chi connectivity index (χ1n) is 4.97. The quantitative estimate of drug-likeness (QED) is 0.679. The van der Waals surface area contributed by atoms with Crippen LogP contribution in [0.3, 0.4) is 0 Å². The maximum absolute atomic E-state index is 11.4. The predicted molar refractivity (Wildman–Crippen MR) is 61.2 cm³/mol. The first-order valence-corrected chi connectivity index (χ1v) is 4.97. The highest BCUT2D eigenvalue weighted by molar-refractivity contribution is 5.91. The van der Waals surface area contributed by atoms with E-state index in [0.717, 1.165) is 0 Å². The zero-order valence-corrected chi connectivity index (χ0v) is 9.63. The van der Waals surface area contributed by atoms with Gasteiger partial charge in [-0.1, -0.05) is 0 Å². The smallest absolute Gasteiger partial charge is 0.264 e. The van der Waals surface area contributed by atoms with Crippen molar-refractivity contribution in [3.63, 3.8) is 0 Å². The number of carbonyl (C=O) groups excluding carboxylic acids is 1. The molecule has 0 saturated carbocycles. The van der Waals surface area contributed by atoms with Crippen molar-refractivity contribution < 1.29 is 4.79 Å². The van der Waals surface area contributed by atoms with Gasteiger partial charge in [0.15, 0.2) is 5.82 Å². The minimum atomic E-state index is -0.300. The molecular formula is C10H16N4O2. The molecule has 6 nitrogen and oxygen atoms in total. The standard InChI is InChI=1S/C10H16N4O2/c1-10(2,3)11-6-9(16)12-7-4-5-8(15)14-13-7/h4-5,11H,6H2,1-3H3,(H,14,15)(H,12,13,16). The lowest BCUT2D eigenvalue weighted by Gasteiger charge is -2.19. The highest BCUT2D eigenvalue weighted by Gasteiger charge is 2.11. The van der Waals surface area contributed by atoms with Gasteiger partial charge in [-0.25, -0.2) is 5.10 Å². The Morgan fingerprint density at radius 2 is 2.12 bits per heavy atom. The van der Waals surface area contributed by atoms with E-state index in [-0.39, 0.29) is 23.6 Å².